The largest absolute Gasteiger partial charge is 0.461 e. The van der Waals surface area contributed by atoms with Crippen LogP contribution >= 0.6 is 0 Å². The molecule has 188 valence electrons. The molecule has 35 heavy (non-hydrogen) atoms. The number of esters is 1. The average Bonchev–Trinajstić information content (AvgIpc) is 3.21. The van der Waals surface area contributed by atoms with Gasteiger partial charge in [0.2, 0.25) is 5.91 Å². The Labute approximate surface area is 199 Å². The number of aromatic nitrogens is 2. The fourth-order valence-electron chi connectivity index (χ4n) is 4.29. The van der Waals surface area contributed by atoms with Crippen molar-refractivity contribution in [2.45, 2.75) is 57.8 Å². The highest BCUT2D eigenvalue weighted by Gasteiger charge is 2.54. The van der Waals surface area contributed by atoms with Gasteiger partial charge in [0.05, 0.1) is 11.7 Å². The van der Waals surface area contributed by atoms with Crippen molar-refractivity contribution in [2.75, 3.05) is 17.7 Å². The topological polar surface area (TPSA) is 190 Å². The minimum absolute atomic E-state index is 0.156. The molecule has 2 aliphatic rings. The normalized spacial score (nSPS) is 26.0. The maximum absolute atomic E-state index is 12.5. The highest BCUT2D eigenvalue weighted by Crippen LogP contribution is 2.45. The summed E-state index contributed by atoms with van der Waals surface area (Å²) in [5, 5.41) is 28.2. The van der Waals surface area contributed by atoms with Crippen LogP contribution in [0.1, 0.15) is 33.9 Å². The Balaban J connectivity index is 1.63. The van der Waals surface area contributed by atoms with E-state index in [4.69, 9.17) is 15.2 Å². The zero-order valence-electron chi connectivity index (χ0n) is 19.7. The van der Waals surface area contributed by atoms with Crippen LogP contribution in [0.25, 0.3) is 10.8 Å². The molecule has 4 heterocycles. The number of nitrogens with two attached hydrogens (primary N) is 1. The van der Waals surface area contributed by atoms with Gasteiger partial charge in [-0.05, 0) is 12.8 Å². The number of rotatable bonds is 6. The lowest BCUT2D eigenvalue weighted by molar-refractivity contribution is -0.155. The molecule has 0 spiro atoms. The molecule has 0 unspecified atom stereocenters. The molecule has 0 radical (unpaired) electrons. The lowest BCUT2D eigenvalue weighted by Crippen LogP contribution is -2.47. The first-order valence-electron chi connectivity index (χ1n) is 11.1. The Morgan fingerprint density at radius 1 is 1.43 bits per heavy atom. The molecule has 2 aromatic rings. The van der Waals surface area contributed by atoms with E-state index in [1.165, 1.54) is 30.8 Å². The molecule has 1 fully saturated rings. The van der Waals surface area contributed by atoms with Crippen molar-refractivity contribution < 1.29 is 29.3 Å². The minimum atomic E-state index is -1.81. The zero-order chi connectivity index (χ0) is 25.7. The number of carbonyl (C=O) groups excluding carboxylic acids is 2. The zero-order valence-corrected chi connectivity index (χ0v) is 19.7. The van der Waals surface area contributed by atoms with E-state index in [9.17, 15) is 24.6 Å². The third kappa shape index (κ3) is 4.33. The van der Waals surface area contributed by atoms with Crippen molar-refractivity contribution in [1.82, 2.24) is 14.9 Å². The quantitative estimate of drug-likeness (QED) is 0.340. The Morgan fingerprint density at radius 3 is 2.80 bits per heavy atom. The summed E-state index contributed by atoms with van der Waals surface area (Å²) in [4.78, 5) is 44.2. The van der Waals surface area contributed by atoms with E-state index < -0.39 is 41.6 Å². The molecule has 1 amide bonds. The fourth-order valence-corrected chi connectivity index (χ4v) is 4.29. The van der Waals surface area contributed by atoms with Gasteiger partial charge in [-0.2, -0.15) is 4.98 Å². The molecule has 0 bridgehead atoms. The average molecular weight is 489 g/mol. The van der Waals surface area contributed by atoms with Crippen LogP contribution in [0.4, 0.5) is 17.3 Å². The van der Waals surface area contributed by atoms with Gasteiger partial charge in [-0.15, -0.1) is 0 Å². The SMILES string of the molecule is CC(=O)N[C@H](C(=O)OC[C@H]1O[C@@H](n2cc3c(N)cc(=O)nc4c3c2N=CN4)[C@@](C)(O)[C@@H]1O)C(C)C. The first-order valence-corrected chi connectivity index (χ1v) is 11.1. The summed E-state index contributed by atoms with van der Waals surface area (Å²) in [6.45, 7) is 5.84. The molecule has 1 saturated heterocycles. The first-order chi connectivity index (χ1) is 16.4. The number of aliphatic hydroxyl groups excluding tert-OH is 1. The number of nitrogens with one attached hydrogen (secondary N) is 2. The van der Waals surface area contributed by atoms with Crippen molar-refractivity contribution in [3.63, 3.8) is 0 Å². The van der Waals surface area contributed by atoms with E-state index in [1.54, 1.807) is 20.0 Å². The van der Waals surface area contributed by atoms with Crippen LogP contribution in [0.5, 0.6) is 0 Å². The number of aliphatic imine (C=N–C) groups is 1. The lowest BCUT2D eigenvalue weighted by Gasteiger charge is -2.28. The molecular weight excluding hydrogens is 460 g/mol. The van der Waals surface area contributed by atoms with Crippen molar-refractivity contribution in [1.29, 1.82) is 0 Å². The van der Waals surface area contributed by atoms with Gasteiger partial charge >= 0.3 is 5.97 Å². The van der Waals surface area contributed by atoms with Crippen LogP contribution in [0.2, 0.25) is 0 Å². The van der Waals surface area contributed by atoms with Crippen molar-refractivity contribution >= 4 is 46.3 Å². The van der Waals surface area contributed by atoms with Gasteiger partial charge in [0, 0.05) is 30.3 Å². The molecule has 13 heteroatoms. The first kappa shape index (κ1) is 24.6. The van der Waals surface area contributed by atoms with Gasteiger partial charge in [-0.25, -0.2) is 9.79 Å². The van der Waals surface area contributed by atoms with Gasteiger partial charge in [0.25, 0.3) is 5.56 Å². The summed E-state index contributed by atoms with van der Waals surface area (Å²) in [7, 11) is 0. The van der Waals surface area contributed by atoms with Crippen LogP contribution in [-0.4, -0.2) is 68.4 Å². The summed E-state index contributed by atoms with van der Waals surface area (Å²) in [5.74, 6) is -0.741. The number of anilines is 2. The number of hydrogen-bond acceptors (Lipinski definition) is 11. The molecule has 0 saturated carbocycles. The molecule has 6 N–H and O–H groups in total. The van der Waals surface area contributed by atoms with Gasteiger partial charge in [-0.3, -0.25) is 9.59 Å². The van der Waals surface area contributed by atoms with Crippen LogP contribution in [0, 0.1) is 5.92 Å². The molecule has 0 aliphatic carbocycles. The second kappa shape index (κ2) is 8.91. The molecular formula is C22H28N6O7. The number of ether oxygens (including phenoxy) is 2. The van der Waals surface area contributed by atoms with Crippen LogP contribution in [-0.2, 0) is 19.1 Å². The second-order valence-electron chi connectivity index (χ2n) is 9.20. The predicted molar refractivity (Wildman–Crippen MR) is 126 cm³/mol. The Hall–Kier alpha value is -3.55. The van der Waals surface area contributed by atoms with Crippen molar-refractivity contribution in [3.8, 4) is 0 Å². The molecule has 2 aliphatic heterocycles. The van der Waals surface area contributed by atoms with E-state index in [-0.39, 0.29) is 29.9 Å². The summed E-state index contributed by atoms with van der Waals surface area (Å²) in [5.41, 5.74) is 3.89. The fraction of sp³-hybridized carbons (Fsp3) is 0.500. The van der Waals surface area contributed by atoms with E-state index in [1.807, 2.05) is 0 Å². The standard InChI is InChI=1S/C22H28N6O7/c1-9(2)16(26-10(3)29)20(32)34-7-13-17(31)22(4,33)21(35-13)28-6-11-12(23)5-14(30)27-18-15(11)19(28)25-8-24-18/h5-6,8-9,13,16-17,21,31,33H,7,23H2,1-4H3,(H,26,29)(H,24,25,27,30)/t13-,16+,17-,21-,22+/m1/s1. The summed E-state index contributed by atoms with van der Waals surface area (Å²) in [6.07, 6.45) is -0.753. The molecule has 0 aromatic carbocycles. The third-order valence-electron chi connectivity index (χ3n) is 6.12. The third-order valence-corrected chi connectivity index (χ3v) is 6.12. The Kier molecular flexibility index (Phi) is 6.25. The maximum Gasteiger partial charge on any atom is 0.328 e. The molecule has 13 nitrogen and oxygen atoms in total. The Bertz CT molecular complexity index is 1270. The number of nitrogens with zero attached hydrogens (tertiary/aromatic N) is 3. The van der Waals surface area contributed by atoms with E-state index in [0.29, 0.717) is 16.6 Å². The summed E-state index contributed by atoms with van der Waals surface area (Å²) in [6, 6.07) is 0.307. The van der Waals surface area contributed by atoms with Crippen molar-refractivity contribution in [2.24, 2.45) is 10.9 Å². The number of amides is 1. The number of hydrogen-bond donors (Lipinski definition) is 5. The van der Waals surface area contributed by atoms with Crippen LogP contribution in [0.15, 0.2) is 22.1 Å². The minimum Gasteiger partial charge on any atom is -0.461 e. The predicted octanol–water partition coefficient (Wildman–Crippen LogP) is -0.223. The highest BCUT2D eigenvalue weighted by atomic mass is 16.6. The van der Waals surface area contributed by atoms with Gasteiger partial charge in [-0.1, -0.05) is 13.8 Å². The number of aliphatic hydroxyl groups is 2. The number of carbonyl (C=O) groups is 2. The maximum atomic E-state index is 12.5. The summed E-state index contributed by atoms with van der Waals surface area (Å²) < 4.78 is 12.8. The lowest BCUT2D eigenvalue weighted by atomic mass is 9.96. The van der Waals surface area contributed by atoms with Gasteiger partial charge in [0.15, 0.2) is 6.23 Å². The smallest absolute Gasteiger partial charge is 0.328 e. The van der Waals surface area contributed by atoms with Crippen LogP contribution in [0.3, 0.4) is 0 Å². The van der Waals surface area contributed by atoms with Crippen LogP contribution < -0.4 is 21.9 Å². The highest BCUT2D eigenvalue weighted by molar-refractivity contribution is 6.10. The monoisotopic (exact) mass is 488 g/mol. The van der Waals surface area contributed by atoms with Crippen molar-refractivity contribution in [3.05, 3.63) is 22.6 Å². The molecule has 5 atom stereocenters. The van der Waals surface area contributed by atoms with Gasteiger partial charge < -0.3 is 40.6 Å². The second-order valence-corrected chi connectivity index (χ2v) is 9.20. The molecule has 4 rings (SSSR count). The summed E-state index contributed by atoms with van der Waals surface area (Å²) >= 11 is 0. The van der Waals surface area contributed by atoms with Gasteiger partial charge in [0.1, 0.15) is 42.1 Å². The van der Waals surface area contributed by atoms with E-state index >= 15 is 0 Å². The van der Waals surface area contributed by atoms with E-state index in [2.05, 4.69) is 20.6 Å². The Morgan fingerprint density at radius 2 is 2.14 bits per heavy atom. The molecule has 2 aromatic heterocycles. The van der Waals surface area contributed by atoms with E-state index in [0.717, 1.165) is 0 Å². The number of nitrogen functional groups attached to an aromatic ring is 1.